The predicted octanol–water partition coefficient (Wildman–Crippen LogP) is 5.58. The molecule has 164 valence electrons. The lowest BCUT2D eigenvalue weighted by atomic mass is 10.1. The van der Waals surface area contributed by atoms with Gasteiger partial charge in [0.1, 0.15) is 5.75 Å². The zero-order valence-corrected chi connectivity index (χ0v) is 18.2. The van der Waals surface area contributed by atoms with Gasteiger partial charge in [-0.2, -0.15) is 0 Å². The summed E-state index contributed by atoms with van der Waals surface area (Å²) in [4.78, 5) is 11.4. The Balaban J connectivity index is 0.000000456. The molecule has 0 atom stereocenters. The van der Waals surface area contributed by atoms with Gasteiger partial charge in [0.05, 0.1) is 16.9 Å². The highest BCUT2D eigenvalue weighted by molar-refractivity contribution is 5.92. The molecule has 0 radical (unpaired) electrons. The second-order valence-corrected chi connectivity index (χ2v) is 7.24. The second-order valence-electron chi connectivity index (χ2n) is 7.24. The maximum absolute atomic E-state index is 11.4. The summed E-state index contributed by atoms with van der Waals surface area (Å²) in [6.07, 6.45) is 6.27. The zero-order chi connectivity index (χ0) is 21.6. The van der Waals surface area contributed by atoms with Gasteiger partial charge >= 0.3 is 5.97 Å². The molecule has 0 saturated carbocycles. The summed E-state index contributed by atoms with van der Waals surface area (Å²) in [7, 11) is 0. The Morgan fingerprint density at radius 3 is 2.20 bits per heavy atom. The molecule has 0 spiro atoms. The summed E-state index contributed by atoms with van der Waals surface area (Å²) in [5.74, 6) is 0.362. The Hall–Kier alpha value is -2.73. The Labute approximate surface area is 180 Å². The number of nitrogens with one attached hydrogen (secondary N) is 3. The van der Waals surface area contributed by atoms with E-state index in [1.807, 2.05) is 37.3 Å². The van der Waals surface area contributed by atoms with Crippen LogP contribution in [-0.2, 0) is 0 Å². The summed E-state index contributed by atoms with van der Waals surface area (Å²) >= 11 is 0. The molecular formula is C24H35N3O3. The molecule has 2 aromatic rings. The first-order chi connectivity index (χ1) is 14.7. The molecular weight excluding hydrogens is 378 g/mol. The van der Waals surface area contributed by atoms with E-state index in [0.29, 0.717) is 29.4 Å². The minimum Gasteiger partial charge on any atom is -0.478 e. The first-order valence-corrected chi connectivity index (χ1v) is 11.0. The summed E-state index contributed by atoms with van der Waals surface area (Å²) in [5, 5.41) is 19.1. The molecule has 6 nitrogen and oxygen atoms in total. The number of carboxylic acid groups (broad SMARTS) is 1. The first kappa shape index (κ1) is 23.5. The summed E-state index contributed by atoms with van der Waals surface area (Å²) in [6, 6.07) is 12.7. The van der Waals surface area contributed by atoms with E-state index in [1.54, 1.807) is 12.1 Å². The van der Waals surface area contributed by atoms with Crippen molar-refractivity contribution in [2.24, 2.45) is 0 Å². The number of anilines is 2. The van der Waals surface area contributed by atoms with Crippen molar-refractivity contribution in [2.75, 3.05) is 36.8 Å². The highest BCUT2D eigenvalue weighted by Gasteiger charge is 2.16. The molecule has 3 rings (SSSR count). The maximum Gasteiger partial charge on any atom is 0.335 e. The van der Waals surface area contributed by atoms with E-state index in [1.165, 1.54) is 32.4 Å². The average Bonchev–Trinajstić information content (AvgIpc) is 2.78. The number of benzene rings is 2. The van der Waals surface area contributed by atoms with Gasteiger partial charge in [0.2, 0.25) is 0 Å². The Morgan fingerprint density at radius 1 is 1.03 bits per heavy atom. The molecule has 1 aliphatic rings. The predicted molar refractivity (Wildman–Crippen MR) is 124 cm³/mol. The van der Waals surface area contributed by atoms with Crippen LogP contribution >= 0.6 is 0 Å². The molecule has 1 aliphatic heterocycles. The lowest BCUT2D eigenvalue weighted by molar-refractivity contribution is 0.0697. The normalized spacial score (nSPS) is 13.0. The van der Waals surface area contributed by atoms with Crippen LogP contribution in [0.5, 0.6) is 11.5 Å². The van der Waals surface area contributed by atoms with Gasteiger partial charge in [-0.05, 0) is 63.5 Å². The summed E-state index contributed by atoms with van der Waals surface area (Å²) < 4.78 is 6.04. The number of rotatable bonds is 9. The van der Waals surface area contributed by atoms with Gasteiger partial charge in [-0.1, -0.05) is 38.0 Å². The molecule has 1 heterocycles. The average molecular weight is 414 g/mol. The molecule has 4 N–H and O–H groups in total. The Bertz CT molecular complexity index is 750. The number of hydrogen-bond acceptors (Lipinski definition) is 5. The fraction of sp³-hybridized carbons (Fsp3) is 0.458. The lowest BCUT2D eigenvalue weighted by Gasteiger charge is -2.18. The van der Waals surface area contributed by atoms with E-state index in [-0.39, 0.29) is 5.56 Å². The van der Waals surface area contributed by atoms with Gasteiger partial charge in [-0.15, -0.1) is 0 Å². The van der Waals surface area contributed by atoms with Crippen LogP contribution in [0.25, 0.3) is 0 Å². The molecule has 2 aromatic carbocycles. The fourth-order valence-electron chi connectivity index (χ4n) is 3.12. The number of unbranched alkanes of at least 4 members (excludes halogenated alkanes) is 1. The maximum atomic E-state index is 11.4. The van der Waals surface area contributed by atoms with Gasteiger partial charge in [0, 0.05) is 13.1 Å². The van der Waals surface area contributed by atoms with Crippen molar-refractivity contribution >= 4 is 17.3 Å². The lowest BCUT2D eigenvalue weighted by Crippen LogP contribution is -2.21. The van der Waals surface area contributed by atoms with Gasteiger partial charge in [0.25, 0.3) is 0 Å². The van der Waals surface area contributed by atoms with Crippen LogP contribution in [0.4, 0.5) is 11.4 Å². The summed E-state index contributed by atoms with van der Waals surface area (Å²) in [5.41, 5.74) is 1.58. The molecule has 30 heavy (non-hydrogen) atoms. The van der Waals surface area contributed by atoms with E-state index in [4.69, 9.17) is 4.74 Å². The minimum absolute atomic E-state index is 0.227. The topological polar surface area (TPSA) is 82.6 Å². The number of carboxylic acids is 1. The molecule has 0 bridgehead atoms. The SMILES string of the molecule is C1CCNCC1.CCCCNc1cc(C(=O)O)cc(NCC)c1Oc1ccccc1. The van der Waals surface area contributed by atoms with Crippen molar-refractivity contribution in [1.29, 1.82) is 0 Å². The van der Waals surface area contributed by atoms with Crippen molar-refractivity contribution in [1.82, 2.24) is 5.32 Å². The number of piperidine rings is 1. The number of para-hydroxylation sites is 1. The molecule has 1 fully saturated rings. The van der Waals surface area contributed by atoms with Crippen molar-refractivity contribution < 1.29 is 14.6 Å². The molecule has 0 aliphatic carbocycles. The third-order valence-corrected chi connectivity index (χ3v) is 4.72. The van der Waals surface area contributed by atoms with Gasteiger partial charge in [0.15, 0.2) is 5.75 Å². The van der Waals surface area contributed by atoms with E-state index in [0.717, 1.165) is 19.4 Å². The molecule has 1 saturated heterocycles. The van der Waals surface area contributed by atoms with Gasteiger partial charge in [-0.25, -0.2) is 4.79 Å². The zero-order valence-electron chi connectivity index (χ0n) is 18.2. The largest absolute Gasteiger partial charge is 0.478 e. The van der Waals surface area contributed by atoms with Crippen molar-refractivity contribution in [2.45, 2.75) is 46.0 Å². The van der Waals surface area contributed by atoms with E-state index in [2.05, 4.69) is 22.9 Å². The van der Waals surface area contributed by atoms with Gasteiger partial charge < -0.3 is 25.8 Å². The highest BCUT2D eigenvalue weighted by atomic mass is 16.5. The van der Waals surface area contributed by atoms with Crippen LogP contribution in [0, 0.1) is 0 Å². The minimum atomic E-state index is -0.959. The van der Waals surface area contributed by atoms with E-state index < -0.39 is 5.97 Å². The van der Waals surface area contributed by atoms with Crippen molar-refractivity contribution in [3.63, 3.8) is 0 Å². The first-order valence-electron chi connectivity index (χ1n) is 11.0. The van der Waals surface area contributed by atoms with Crippen LogP contribution in [-0.4, -0.2) is 37.3 Å². The van der Waals surface area contributed by atoms with E-state index >= 15 is 0 Å². The van der Waals surface area contributed by atoms with Crippen LogP contribution in [0.2, 0.25) is 0 Å². The van der Waals surface area contributed by atoms with Crippen LogP contribution in [0.1, 0.15) is 56.3 Å². The number of aromatic carboxylic acids is 1. The molecule has 6 heteroatoms. The fourth-order valence-corrected chi connectivity index (χ4v) is 3.12. The quantitative estimate of drug-likeness (QED) is 0.402. The summed E-state index contributed by atoms with van der Waals surface area (Å²) in [6.45, 7) is 8.00. The standard InChI is InChI=1S/C19H24N2O3.C5H11N/c1-3-5-11-21-17-13-14(19(22)23)12-16(20-4-2)18(17)24-15-9-7-6-8-10-15;1-2-4-6-5-3-1/h6-10,12-13,20-21H,3-5,11H2,1-2H3,(H,22,23);6H,1-5H2. The smallest absolute Gasteiger partial charge is 0.335 e. The molecule has 0 aromatic heterocycles. The van der Waals surface area contributed by atoms with Crippen molar-refractivity contribution in [3.8, 4) is 11.5 Å². The number of hydrogen-bond donors (Lipinski definition) is 4. The molecule has 0 unspecified atom stereocenters. The van der Waals surface area contributed by atoms with Crippen LogP contribution < -0.4 is 20.7 Å². The van der Waals surface area contributed by atoms with Crippen molar-refractivity contribution in [3.05, 3.63) is 48.0 Å². The Kier molecular flexibility index (Phi) is 10.6. The third kappa shape index (κ3) is 7.95. The Morgan fingerprint density at radius 2 is 1.70 bits per heavy atom. The number of ether oxygens (including phenoxy) is 1. The number of carbonyl (C=O) groups is 1. The highest BCUT2D eigenvalue weighted by Crippen LogP contribution is 2.38. The second kappa shape index (κ2) is 13.5. The monoisotopic (exact) mass is 413 g/mol. The van der Waals surface area contributed by atoms with Crippen LogP contribution in [0.3, 0.4) is 0 Å². The molecule has 0 amide bonds. The van der Waals surface area contributed by atoms with Gasteiger partial charge in [-0.3, -0.25) is 0 Å². The van der Waals surface area contributed by atoms with E-state index in [9.17, 15) is 9.90 Å². The third-order valence-electron chi connectivity index (χ3n) is 4.72. The van der Waals surface area contributed by atoms with Crippen LogP contribution in [0.15, 0.2) is 42.5 Å².